The molecule has 1 aromatic carbocycles. The third kappa shape index (κ3) is 2.74. The lowest BCUT2D eigenvalue weighted by molar-refractivity contribution is 0.223. The van der Waals surface area contributed by atoms with E-state index >= 15 is 0 Å². The van der Waals surface area contributed by atoms with Crippen molar-refractivity contribution in [3.63, 3.8) is 0 Å². The lowest BCUT2D eigenvalue weighted by atomic mass is 10.1. The number of aryl methyl sites for hydroxylation is 2. The fourth-order valence-electron chi connectivity index (χ4n) is 1.64. The maximum Gasteiger partial charge on any atom is 0.114 e. The summed E-state index contributed by atoms with van der Waals surface area (Å²) in [5.41, 5.74) is 3.01. The molecule has 4 heteroatoms. The second-order valence-corrected chi connectivity index (χ2v) is 6.57. The number of thiophene rings is 1. The summed E-state index contributed by atoms with van der Waals surface area (Å²) in [4.78, 5) is 0.874. The van der Waals surface area contributed by atoms with E-state index in [0.717, 1.165) is 30.4 Å². The summed E-state index contributed by atoms with van der Waals surface area (Å²) in [5.74, 6) is 0. The first-order valence-corrected chi connectivity index (χ1v) is 7.17. The smallest absolute Gasteiger partial charge is 0.114 e. The highest BCUT2D eigenvalue weighted by Crippen LogP contribution is 2.36. The van der Waals surface area contributed by atoms with Crippen molar-refractivity contribution >= 4 is 38.9 Å². The molecule has 17 heavy (non-hydrogen) atoms. The lowest BCUT2D eigenvalue weighted by Crippen LogP contribution is -1.98. The molecule has 1 N–H and O–H groups in total. The third-order valence-electron chi connectivity index (χ3n) is 2.59. The van der Waals surface area contributed by atoms with Crippen LogP contribution in [0.5, 0.6) is 0 Å². The van der Waals surface area contributed by atoms with E-state index in [4.69, 9.17) is 11.6 Å². The number of hydrogen-bond donors (Lipinski definition) is 1. The summed E-state index contributed by atoms with van der Waals surface area (Å²) in [5, 5.41) is 10.4. The zero-order valence-corrected chi connectivity index (χ0v) is 12.7. The molecule has 1 unspecified atom stereocenters. The van der Waals surface area contributed by atoms with Crippen LogP contribution in [0.2, 0.25) is 4.34 Å². The van der Waals surface area contributed by atoms with Crippen molar-refractivity contribution in [1.82, 2.24) is 0 Å². The number of rotatable bonds is 2. The van der Waals surface area contributed by atoms with Gasteiger partial charge in [-0.3, -0.25) is 0 Å². The van der Waals surface area contributed by atoms with Crippen LogP contribution in [0, 0.1) is 13.8 Å². The molecule has 0 saturated heterocycles. The summed E-state index contributed by atoms with van der Waals surface area (Å²) < 4.78 is 1.65. The van der Waals surface area contributed by atoms with E-state index in [1.54, 1.807) is 0 Å². The molecule has 2 aromatic rings. The average Bonchev–Trinajstić information content (AvgIpc) is 2.62. The standard InChI is InChI=1S/C13H12BrClOS/c1-7-3-4-10(14)9(5-7)12(16)11-6-8(2)13(15)17-11/h3-6,12,16H,1-2H3. The molecule has 0 radical (unpaired) electrons. The topological polar surface area (TPSA) is 20.2 Å². The minimum atomic E-state index is -0.625. The minimum absolute atomic E-state index is 0.625. The van der Waals surface area contributed by atoms with Gasteiger partial charge in [-0.1, -0.05) is 45.2 Å². The molecular weight excluding hydrogens is 320 g/mol. The van der Waals surface area contributed by atoms with E-state index in [2.05, 4.69) is 15.9 Å². The van der Waals surface area contributed by atoms with Crippen molar-refractivity contribution < 1.29 is 5.11 Å². The van der Waals surface area contributed by atoms with E-state index in [1.165, 1.54) is 11.3 Å². The molecular formula is C13H12BrClOS. The van der Waals surface area contributed by atoms with Crippen LogP contribution in [-0.2, 0) is 0 Å². The van der Waals surface area contributed by atoms with Gasteiger partial charge >= 0.3 is 0 Å². The highest BCUT2D eigenvalue weighted by Gasteiger charge is 2.17. The highest BCUT2D eigenvalue weighted by molar-refractivity contribution is 9.10. The summed E-state index contributed by atoms with van der Waals surface area (Å²) in [6, 6.07) is 7.88. The zero-order chi connectivity index (χ0) is 12.6. The van der Waals surface area contributed by atoms with Crippen LogP contribution < -0.4 is 0 Å². The van der Waals surface area contributed by atoms with Gasteiger partial charge in [0.15, 0.2) is 0 Å². The van der Waals surface area contributed by atoms with Crippen molar-refractivity contribution in [2.45, 2.75) is 20.0 Å². The Morgan fingerprint density at radius 2 is 2.00 bits per heavy atom. The molecule has 2 rings (SSSR count). The van der Waals surface area contributed by atoms with Gasteiger partial charge in [-0.2, -0.15) is 0 Å². The molecule has 1 aromatic heterocycles. The Kier molecular flexibility index (Phi) is 3.93. The molecule has 0 aliphatic rings. The Morgan fingerprint density at radius 1 is 1.29 bits per heavy atom. The van der Waals surface area contributed by atoms with Gasteiger partial charge in [-0.25, -0.2) is 0 Å². The SMILES string of the molecule is Cc1ccc(Br)c(C(O)c2cc(C)c(Cl)s2)c1. The van der Waals surface area contributed by atoms with Crippen molar-refractivity contribution in [2.75, 3.05) is 0 Å². The van der Waals surface area contributed by atoms with Gasteiger partial charge in [0.2, 0.25) is 0 Å². The second-order valence-electron chi connectivity index (χ2n) is 4.03. The molecule has 1 nitrogen and oxygen atoms in total. The van der Waals surface area contributed by atoms with Gasteiger partial charge in [0.1, 0.15) is 6.10 Å². The summed E-state index contributed by atoms with van der Waals surface area (Å²) >= 11 is 10.9. The quantitative estimate of drug-likeness (QED) is 0.833. The molecule has 0 aliphatic carbocycles. The fraction of sp³-hybridized carbons (Fsp3) is 0.231. The Labute approximate surface area is 118 Å². The minimum Gasteiger partial charge on any atom is -0.383 e. The van der Waals surface area contributed by atoms with Gasteiger partial charge in [0.05, 0.1) is 4.34 Å². The number of halogens is 2. The summed E-state index contributed by atoms with van der Waals surface area (Å²) in [6.07, 6.45) is -0.625. The zero-order valence-electron chi connectivity index (χ0n) is 9.50. The van der Waals surface area contributed by atoms with Crippen molar-refractivity contribution in [1.29, 1.82) is 0 Å². The van der Waals surface area contributed by atoms with Crippen LogP contribution in [0.3, 0.4) is 0 Å². The lowest BCUT2D eigenvalue weighted by Gasteiger charge is -2.11. The summed E-state index contributed by atoms with van der Waals surface area (Å²) in [7, 11) is 0. The first-order chi connectivity index (χ1) is 7.99. The van der Waals surface area contributed by atoms with E-state index in [-0.39, 0.29) is 0 Å². The predicted octanol–water partition coefficient (Wildman–Crippen LogP) is 4.86. The number of hydrogen-bond acceptors (Lipinski definition) is 2. The first kappa shape index (κ1) is 13.1. The van der Waals surface area contributed by atoms with Crippen molar-refractivity contribution in [2.24, 2.45) is 0 Å². The maximum atomic E-state index is 10.4. The number of aliphatic hydroxyl groups excluding tert-OH is 1. The van der Waals surface area contributed by atoms with Gasteiger partial charge in [-0.05, 0) is 31.5 Å². The van der Waals surface area contributed by atoms with Crippen LogP contribution in [0.1, 0.15) is 27.7 Å². The van der Waals surface area contributed by atoms with Crippen LogP contribution in [0.25, 0.3) is 0 Å². The van der Waals surface area contributed by atoms with Gasteiger partial charge in [-0.15, -0.1) is 11.3 Å². The molecule has 1 atom stereocenters. The predicted molar refractivity (Wildman–Crippen MR) is 77.0 cm³/mol. The number of benzene rings is 1. The molecule has 0 amide bonds. The average molecular weight is 332 g/mol. The molecule has 0 saturated carbocycles. The van der Waals surface area contributed by atoms with Crippen molar-refractivity contribution in [3.8, 4) is 0 Å². The largest absolute Gasteiger partial charge is 0.383 e. The van der Waals surface area contributed by atoms with E-state index in [0.29, 0.717) is 0 Å². The monoisotopic (exact) mass is 330 g/mol. The molecule has 90 valence electrons. The van der Waals surface area contributed by atoms with Crippen molar-refractivity contribution in [3.05, 3.63) is 54.6 Å². The molecule has 0 spiro atoms. The first-order valence-electron chi connectivity index (χ1n) is 5.19. The highest BCUT2D eigenvalue weighted by atomic mass is 79.9. The normalized spacial score (nSPS) is 12.8. The summed E-state index contributed by atoms with van der Waals surface area (Å²) in [6.45, 7) is 3.95. The van der Waals surface area contributed by atoms with E-state index in [1.807, 2.05) is 38.1 Å². The van der Waals surface area contributed by atoms with Gasteiger partial charge < -0.3 is 5.11 Å². The Hall–Kier alpha value is -0.350. The van der Waals surface area contributed by atoms with Crippen LogP contribution >= 0.6 is 38.9 Å². The maximum absolute atomic E-state index is 10.4. The fourth-order valence-corrected chi connectivity index (χ4v) is 3.33. The Balaban J connectivity index is 2.42. The Morgan fingerprint density at radius 3 is 2.59 bits per heavy atom. The number of aliphatic hydroxyl groups is 1. The van der Waals surface area contributed by atoms with E-state index < -0.39 is 6.10 Å². The molecule has 1 heterocycles. The van der Waals surface area contributed by atoms with Crippen LogP contribution in [0.4, 0.5) is 0 Å². The second kappa shape index (κ2) is 5.11. The van der Waals surface area contributed by atoms with E-state index in [9.17, 15) is 5.11 Å². The Bertz CT molecular complexity index is 531. The third-order valence-corrected chi connectivity index (χ3v) is 4.92. The van der Waals surface area contributed by atoms with Crippen LogP contribution in [-0.4, -0.2) is 5.11 Å². The van der Waals surface area contributed by atoms with Gasteiger partial charge in [0.25, 0.3) is 0 Å². The van der Waals surface area contributed by atoms with Crippen LogP contribution in [0.15, 0.2) is 28.7 Å². The molecule has 0 aliphatic heterocycles. The van der Waals surface area contributed by atoms with Gasteiger partial charge in [0, 0.05) is 14.9 Å². The molecule has 0 fully saturated rings. The molecule has 0 bridgehead atoms.